The molecule has 6 heteroatoms. The first kappa shape index (κ1) is 23.4. The number of fused-ring (bicyclic) bond motifs is 2. The molecule has 34 heavy (non-hydrogen) atoms. The summed E-state index contributed by atoms with van der Waals surface area (Å²) in [4.78, 5) is 11.7. The molecule has 0 aliphatic heterocycles. The molecular formula is C28H34F2N2O2. The normalized spacial score (nSPS) is 26.3. The Labute approximate surface area is 200 Å². The molecule has 1 amide bonds. The maximum absolute atomic E-state index is 13.6. The lowest BCUT2D eigenvalue weighted by molar-refractivity contribution is -0.120. The molecule has 3 saturated carbocycles. The molecule has 3 aliphatic carbocycles. The number of hydrogen-bond acceptors (Lipinski definition) is 3. The molecule has 5 atom stereocenters. The van der Waals surface area contributed by atoms with E-state index in [1.54, 1.807) is 0 Å². The lowest BCUT2D eigenvalue weighted by Gasteiger charge is -2.28. The van der Waals surface area contributed by atoms with Crippen LogP contribution in [0.1, 0.15) is 68.1 Å². The van der Waals surface area contributed by atoms with Crippen LogP contribution in [0.2, 0.25) is 0 Å². The fourth-order valence-corrected chi connectivity index (χ4v) is 6.38. The van der Waals surface area contributed by atoms with Gasteiger partial charge in [0.15, 0.2) is 0 Å². The van der Waals surface area contributed by atoms with Crippen molar-refractivity contribution in [1.29, 1.82) is 0 Å². The zero-order valence-electron chi connectivity index (χ0n) is 19.7. The van der Waals surface area contributed by atoms with E-state index < -0.39 is 23.8 Å². The zero-order valence-corrected chi connectivity index (χ0v) is 19.7. The van der Waals surface area contributed by atoms with Gasteiger partial charge in [0.25, 0.3) is 0 Å². The first-order chi connectivity index (χ1) is 16.3. The Morgan fingerprint density at radius 1 is 1.12 bits per heavy atom. The second-order valence-corrected chi connectivity index (χ2v) is 10.7. The van der Waals surface area contributed by atoms with Gasteiger partial charge in [0.1, 0.15) is 11.6 Å². The van der Waals surface area contributed by atoms with Crippen molar-refractivity contribution in [2.45, 2.75) is 75.5 Å². The van der Waals surface area contributed by atoms with E-state index in [1.165, 1.54) is 55.9 Å². The Hall–Kier alpha value is -2.31. The second-order valence-electron chi connectivity index (χ2n) is 10.7. The van der Waals surface area contributed by atoms with Crippen molar-refractivity contribution in [2.24, 2.45) is 11.8 Å². The number of carbonyl (C=O) groups excluding carboxylic acids is 1. The summed E-state index contributed by atoms with van der Waals surface area (Å²) in [6.45, 7) is 1.66. The Kier molecular flexibility index (Phi) is 6.47. The third-order valence-electron chi connectivity index (χ3n) is 8.24. The first-order valence-corrected chi connectivity index (χ1v) is 12.6. The van der Waals surface area contributed by atoms with Gasteiger partial charge < -0.3 is 15.7 Å². The third kappa shape index (κ3) is 5.03. The number of amides is 1. The molecule has 2 aromatic rings. The summed E-state index contributed by atoms with van der Waals surface area (Å²) < 4.78 is 27.3. The number of aliphatic hydroxyl groups is 1. The maximum atomic E-state index is 13.6. The van der Waals surface area contributed by atoms with Gasteiger partial charge in [-0.3, -0.25) is 4.79 Å². The fourth-order valence-electron chi connectivity index (χ4n) is 6.38. The summed E-state index contributed by atoms with van der Waals surface area (Å²) >= 11 is 0. The van der Waals surface area contributed by atoms with Crippen LogP contribution in [0.25, 0.3) is 0 Å². The van der Waals surface area contributed by atoms with Crippen LogP contribution >= 0.6 is 0 Å². The smallest absolute Gasteiger partial charge is 0.217 e. The average molecular weight is 469 g/mol. The van der Waals surface area contributed by atoms with E-state index in [0.29, 0.717) is 11.5 Å². The van der Waals surface area contributed by atoms with E-state index in [4.69, 9.17) is 0 Å². The maximum Gasteiger partial charge on any atom is 0.217 e. The van der Waals surface area contributed by atoms with Gasteiger partial charge in [-0.25, -0.2) is 8.78 Å². The van der Waals surface area contributed by atoms with E-state index in [0.717, 1.165) is 30.7 Å². The van der Waals surface area contributed by atoms with Crippen molar-refractivity contribution in [2.75, 3.05) is 6.54 Å². The van der Waals surface area contributed by atoms with Crippen LogP contribution < -0.4 is 10.6 Å². The van der Waals surface area contributed by atoms with E-state index >= 15 is 0 Å². The minimum atomic E-state index is -0.901. The van der Waals surface area contributed by atoms with E-state index in [2.05, 4.69) is 34.9 Å². The van der Waals surface area contributed by atoms with Crippen LogP contribution in [0, 0.1) is 23.5 Å². The number of carbonyl (C=O) groups is 1. The largest absolute Gasteiger partial charge is 0.390 e. The molecule has 2 aromatic carbocycles. The Morgan fingerprint density at radius 2 is 1.88 bits per heavy atom. The Morgan fingerprint density at radius 3 is 2.50 bits per heavy atom. The van der Waals surface area contributed by atoms with Crippen molar-refractivity contribution >= 4 is 5.91 Å². The van der Waals surface area contributed by atoms with Gasteiger partial charge >= 0.3 is 0 Å². The molecular weight excluding hydrogens is 434 g/mol. The molecule has 4 nitrogen and oxygen atoms in total. The minimum absolute atomic E-state index is 0.143. The molecule has 3 fully saturated rings. The van der Waals surface area contributed by atoms with Crippen LogP contribution in [0.5, 0.6) is 0 Å². The monoisotopic (exact) mass is 468 g/mol. The summed E-state index contributed by atoms with van der Waals surface area (Å²) in [5, 5.41) is 17.2. The van der Waals surface area contributed by atoms with Crippen molar-refractivity contribution in [3.8, 4) is 0 Å². The molecule has 3 aliphatic rings. The summed E-state index contributed by atoms with van der Waals surface area (Å²) in [6, 6.07) is 11.6. The number of benzene rings is 2. The highest BCUT2D eigenvalue weighted by Crippen LogP contribution is 2.54. The highest BCUT2D eigenvalue weighted by molar-refractivity contribution is 5.73. The van der Waals surface area contributed by atoms with Gasteiger partial charge in [0.05, 0.1) is 12.1 Å². The Bertz CT molecular complexity index is 1030. The fraction of sp³-hybridized carbons (Fsp3) is 0.536. The van der Waals surface area contributed by atoms with Crippen molar-refractivity contribution in [3.05, 3.63) is 70.8 Å². The Balaban J connectivity index is 1.25. The van der Waals surface area contributed by atoms with Crippen LogP contribution in [-0.4, -0.2) is 29.7 Å². The van der Waals surface area contributed by atoms with E-state index in [-0.39, 0.29) is 24.4 Å². The summed E-state index contributed by atoms with van der Waals surface area (Å²) in [5.74, 6) is 0.778. The lowest BCUT2D eigenvalue weighted by atomic mass is 9.82. The lowest BCUT2D eigenvalue weighted by Crippen LogP contribution is -2.49. The highest BCUT2D eigenvalue weighted by Gasteiger charge is 2.45. The van der Waals surface area contributed by atoms with E-state index in [1.807, 2.05) is 0 Å². The molecule has 3 N–H and O–H groups in total. The standard InChI is InChI=1S/C28H34F2N2O2/c1-17(33)32-26(13-19-10-23(29)15-24(30)11-19)27(34)16-31-28(7-8-28)22-4-2-3-20(14-22)25-12-18-5-6-21(25)9-18/h2-4,10-11,14-15,18,21,25-27,31,34H,5-9,12-13,16H2,1H3,(H,32,33)/t18-,21-,25?,26?,27?/m1/s1. The summed E-state index contributed by atoms with van der Waals surface area (Å²) in [7, 11) is 0. The minimum Gasteiger partial charge on any atom is -0.390 e. The zero-order chi connectivity index (χ0) is 23.9. The van der Waals surface area contributed by atoms with Crippen LogP contribution in [0.3, 0.4) is 0 Å². The molecule has 0 saturated heterocycles. The van der Waals surface area contributed by atoms with Crippen LogP contribution in [0.15, 0.2) is 42.5 Å². The predicted molar refractivity (Wildman–Crippen MR) is 127 cm³/mol. The molecule has 2 bridgehead atoms. The average Bonchev–Trinajstić information content (AvgIpc) is 3.28. The van der Waals surface area contributed by atoms with Gasteiger partial charge in [-0.2, -0.15) is 0 Å². The van der Waals surface area contributed by atoms with Gasteiger partial charge in [0.2, 0.25) is 5.91 Å². The summed E-state index contributed by atoms with van der Waals surface area (Å²) in [6.07, 6.45) is 6.68. The molecule has 0 aromatic heterocycles. The molecule has 0 radical (unpaired) electrons. The molecule has 182 valence electrons. The van der Waals surface area contributed by atoms with Crippen molar-refractivity contribution in [1.82, 2.24) is 10.6 Å². The van der Waals surface area contributed by atoms with Crippen LogP contribution in [-0.2, 0) is 16.8 Å². The van der Waals surface area contributed by atoms with Crippen molar-refractivity contribution in [3.63, 3.8) is 0 Å². The molecule has 3 unspecified atom stereocenters. The number of hydrogen-bond donors (Lipinski definition) is 3. The van der Waals surface area contributed by atoms with Crippen molar-refractivity contribution < 1.29 is 18.7 Å². The van der Waals surface area contributed by atoms with Crippen LogP contribution in [0.4, 0.5) is 8.78 Å². The SMILES string of the molecule is CC(=O)NC(Cc1cc(F)cc(F)c1)C(O)CNC1(c2cccc(C3C[C@@H]4CC[C@@H]3C4)c2)CC1. The summed E-state index contributed by atoms with van der Waals surface area (Å²) in [5.41, 5.74) is 2.96. The number of nitrogens with one attached hydrogen (secondary N) is 2. The van der Waals surface area contributed by atoms with Gasteiger partial charge in [-0.05, 0) is 85.1 Å². The molecule has 0 heterocycles. The quantitative estimate of drug-likeness (QED) is 0.506. The van der Waals surface area contributed by atoms with Gasteiger partial charge in [-0.1, -0.05) is 30.7 Å². The van der Waals surface area contributed by atoms with E-state index in [9.17, 15) is 18.7 Å². The first-order valence-electron chi connectivity index (χ1n) is 12.6. The van der Waals surface area contributed by atoms with Gasteiger partial charge in [-0.15, -0.1) is 0 Å². The highest BCUT2D eigenvalue weighted by atomic mass is 19.1. The number of rotatable bonds is 9. The number of halogens is 2. The topological polar surface area (TPSA) is 61.4 Å². The molecule has 5 rings (SSSR count). The van der Waals surface area contributed by atoms with Gasteiger partial charge in [0, 0.05) is 25.1 Å². The predicted octanol–water partition coefficient (Wildman–Crippen LogP) is 4.56. The second kappa shape index (κ2) is 9.38. The number of aliphatic hydroxyl groups excluding tert-OH is 1. The molecule has 0 spiro atoms. The third-order valence-corrected chi connectivity index (χ3v) is 8.24.